The lowest BCUT2D eigenvalue weighted by Gasteiger charge is -2.18. The van der Waals surface area contributed by atoms with E-state index in [1.54, 1.807) is 0 Å². The standard InChI is InChI=1S/C30H28Cl6O8/c1-27(2)9-29(27,5)11-41-23(37)17-19(35)13(31)7-15(33)21(17)43-25(39)26(40)44-22-16(34)8-14(32)20(36)18(22)24(38)42-12-30(6)10-28(30,3)4/h7-8H,9-12H2,1-6H3. The van der Waals surface area contributed by atoms with Crippen molar-refractivity contribution in [2.75, 3.05) is 13.2 Å². The van der Waals surface area contributed by atoms with Crippen molar-refractivity contribution in [3.05, 3.63) is 53.4 Å². The number of hydrogen-bond acceptors (Lipinski definition) is 8. The summed E-state index contributed by atoms with van der Waals surface area (Å²) in [4.78, 5) is 52.1. The smallest absolute Gasteiger partial charge is 0.423 e. The first-order valence-electron chi connectivity index (χ1n) is 13.3. The average Bonchev–Trinajstić information content (AvgIpc) is 3.65. The minimum atomic E-state index is -1.65. The summed E-state index contributed by atoms with van der Waals surface area (Å²) in [6, 6.07) is 2.24. The number of benzene rings is 2. The van der Waals surface area contributed by atoms with E-state index in [4.69, 9.17) is 88.6 Å². The molecule has 2 fully saturated rings. The van der Waals surface area contributed by atoms with Gasteiger partial charge >= 0.3 is 23.9 Å². The number of ether oxygens (including phenoxy) is 4. The topological polar surface area (TPSA) is 105 Å². The molecular formula is C30H28Cl6O8. The molecule has 0 amide bonds. The van der Waals surface area contributed by atoms with Crippen LogP contribution in [0.4, 0.5) is 0 Å². The van der Waals surface area contributed by atoms with Gasteiger partial charge in [-0.2, -0.15) is 0 Å². The Balaban J connectivity index is 1.56. The van der Waals surface area contributed by atoms with Gasteiger partial charge in [-0.05, 0) is 35.8 Å². The van der Waals surface area contributed by atoms with Crippen LogP contribution in [0.1, 0.15) is 75.1 Å². The molecule has 14 heteroatoms. The van der Waals surface area contributed by atoms with E-state index in [1.165, 1.54) is 0 Å². The lowest BCUT2D eigenvalue weighted by atomic mass is 9.99. The molecule has 44 heavy (non-hydrogen) atoms. The molecule has 0 N–H and O–H groups in total. The van der Waals surface area contributed by atoms with Gasteiger partial charge in [0.05, 0.1) is 43.3 Å². The Labute approximate surface area is 284 Å². The first-order valence-corrected chi connectivity index (χ1v) is 15.5. The summed E-state index contributed by atoms with van der Waals surface area (Å²) in [6.07, 6.45) is 1.63. The molecule has 8 nitrogen and oxygen atoms in total. The molecule has 2 unspecified atom stereocenters. The number of esters is 4. The zero-order valence-corrected chi connectivity index (χ0v) is 29.1. The van der Waals surface area contributed by atoms with E-state index < -0.39 is 46.5 Å². The highest BCUT2D eigenvalue weighted by molar-refractivity contribution is 6.47. The van der Waals surface area contributed by atoms with Crippen molar-refractivity contribution in [2.45, 2.75) is 54.4 Å². The van der Waals surface area contributed by atoms with Crippen LogP contribution in [0.5, 0.6) is 11.5 Å². The maximum absolute atomic E-state index is 13.1. The van der Waals surface area contributed by atoms with Gasteiger partial charge in [-0.3, -0.25) is 0 Å². The Morgan fingerprint density at radius 2 is 0.886 bits per heavy atom. The zero-order chi connectivity index (χ0) is 33.2. The highest BCUT2D eigenvalue weighted by Crippen LogP contribution is 2.64. The van der Waals surface area contributed by atoms with Gasteiger partial charge in [0, 0.05) is 10.8 Å². The Morgan fingerprint density at radius 1 is 0.591 bits per heavy atom. The Bertz CT molecular complexity index is 1490. The fraction of sp³-hybridized carbons (Fsp3) is 0.467. The highest BCUT2D eigenvalue weighted by atomic mass is 35.5. The van der Waals surface area contributed by atoms with Crippen LogP contribution in [0.2, 0.25) is 30.1 Å². The number of carbonyl (C=O) groups excluding carboxylic acids is 4. The third-order valence-corrected chi connectivity index (χ3v) is 11.1. The van der Waals surface area contributed by atoms with E-state index >= 15 is 0 Å². The van der Waals surface area contributed by atoms with Crippen molar-refractivity contribution in [2.24, 2.45) is 21.7 Å². The molecule has 0 aromatic heterocycles. The zero-order valence-electron chi connectivity index (χ0n) is 24.5. The molecule has 2 atom stereocenters. The molecule has 238 valence electrons. The summed E-state index contributed by atoms with van der Waals surface area (Å²) in [5.74, 6) is -6.44. The SMILES string of the molecule is CC1(C)CC1(C)COC(=O)c1c(Cl)c(Cl)cc(Cl)c1OC(=O)C(=O)Oc1c(Cl)cc(Cl)c(Cl)c1C(=O)OCC1(C)CC1(C)C. The van der Waals surface area contributed by atoms with Gasteiger partial charge in [0.1, 0.15) is 11.1 Å². The van der Waals surface area contributed by atoms with Crippen molar-refractivity contribution in [3.8, 4) is 11.5 Å². The molecule has 2 aliphatic rings. The van der Waals surface area contributed by atoms with Gasteiger partial charge in [0.25, 0.3) is 0 Å². The van der Waals surface area contributed by atoms with Crippen LogP contribution < -0.4 is 9.47 Å². The van der Waals surface area contributed by atoms with E-state index in [2.05, 4.69) is 0 Å². The van der Waals surface area contributed by atoms with Gasteiger partial charge in [-0.15, -0.1) is 0 Å². The van der Waals surface area contributed by atoms with E-state index in [0.29, 0.717) is 0 Å². The van der Waals surface area contributed by atoms with Crippen LogP contribution in [0, 0.1) is 21.7 Å². The predicted octanol–water partition coefficient (Wildman–Crippen LogP) is 9.30. The van der Waals surface area contributed by atoms with Gasteiger partial charge in [0.2, 0.25) is 0 Å². The van der Waals surface area contributed by atoms with Crippen molar-refractivity contribution in [3.63, 3.8) is 0 Å². The van der Waals surface area contributed by atoms with E-state index in [0.717, 1.165) is 25.0 Å². The van der Waals surface area contributed by atoms with Gasteiger partial charge < -0.3 is 18.9 Å². The molecule has 0 radical (unpaired) electrons. The Morgan fingerprint density at radius 3 is 1.16 bits per heavy atom. The minimum absolute atomic E-state index is 0.0417. The first kappa shape index (κ1) is 34.9. The van der Waals surface area contributed by atoms with Crippen molar-refractivity contribution in [1.82, 2.24) is 0 Å². The lowest BCUT2D eigenvalue weighted by Crippen LogP contribution is -2.28. The van der Waals surface area contributed by atoms with E-state index in [1.807, 2.05) is 41.5 Å². The maximum atomic E-state index is 13.1. The molecule has 0 saturated heterocycles. The maximum Gasteiger partial charge on any atom is 0.423 e. The van der Waals surface area contributed by atoms with Crippen LogP contribution >= 0.6 is 69.6 Å². The van der Waals surface area contributed by atoms with Crippen LogP contribution in [0.15, 0.2) is 12.1 Å². The quantitative estimate of drug-likeness (QED) is 0.115. The van der Waals surface area contributed by atoms with Crippen molar-refractivity contribution < 1.29 is 38.1 Å². The second-order valence-corrected chi connectivity index (χ2v) is 15.3. The largest absolute Gasteiger partial charge is 0.461 e. The fourth-order valence-corrected chi connectivity index (χ4v) is 6.38. The molecule has 0 bridgehead atoms. The lowest BCUT2D eigenvalue weighted by molar-refractivity contribution is -0.156. The molecular weight excluding hydrogens is 701 g/mol. The number of hydrogen-bond donors (Lipinski definition) is 0. The monoisotopic (exact) mass is 726 g/mol. The second-order valence-electron chi connectivity index (χ2n) is 12.9. The molecule has 2 saturated carbocycles. The summed E-state index contributed by atoms with van der Waals surface area (Å²) < 4.78 is 21.3. The van der Waals surface area contributed by atoms with Gasteiger partial charge in [0.15, 0.2) is 11.5 Å². The van der Waals surface area contributed by atoms with Crippen molar-refractivity contribution in [1.29, 1.82) is 0 Å². The second kappa shape index (κ2) is 12.0. The van der Waals surface area contributed by atoms with Crippen LogP contribution in [0.25, 0.3) is 0 Å². The Hall–Kier alpha value is -1.94. The molecule has 4 rings (SSSR count). The summed E-state index contributed by atoms with van der Waals surface area (Å²) in [5.41, 5.74) is -1.59. The van der Waals surface area contributed by atoms with Gasteiger partial charge in [-0.1, -0.05) is 111 Å². The summed E-state index contributed by atoms with van der Waals surface area (Å²) in [5, 5.41) is -1.53. The van der Waals surface area contributed by atoms with Crippen molar-refractivity contribution >= 4 is 93.5 Å². The number of halogens is 6. The predicted molar refractivity (Wildman–Crippen MR) is 168 cm³/mol. The normalized spacial score (nSPS) is 22.5. The molecule has 2 aromatic rings. The molecule has 2 aliphatic carbocycles. The highest BCUT2D eigenvalue weighted by Gasteiger charge is 2.59. The van der Waals surface area contributed by atoms with E-state index in [-0.39, 0.29) is 65.0 Å². The number of rotatable bonds is 8. The summed E-state index contributed by atoms with van der Waals surface area (Å²) in [6.45, 7) is 12.1. The first-order chi connectivity index (χ1) is 20.1. The summed E-state index contributed by atoms with van der Waals surface area (Å²) in [7, 11) is 0. The molecule has 0 heterocycles. The summed E-state index contributed by atoms with van der Waals surface area (Å²) >= 11 is 37.3. The molecule has 0 spiro atoms. The number of carbonyl (C=O) groups is 4. The minimum Gasteiger partial charge on any atom is -0.461 e. The molecule has 2 aromatic carbocycles. The average molecular weight is 729 g/mol. The van der Waals surface area contributed by atoms with Crippen LogP contribution in [-0.4, -0.2) is 37.1 Å². The van der Waals surface area contributed by atoms with Crippen LogP contribution in [0.3, 0.4) is 0 Å². The third kappa shape index (κ3) is 6.62. The van der Waals surface area contributed by atoms with Crippen LogP contribution in [-0.2, 0) is 19.1 Å². The Kier molecular flexibility index (Phi) is 9.54. The fourth-order valence-electron chi connectivity index (χ4n) is 4.94. The molecule has 0 aliphatic heterocycles. The van der Waals surface area contributed by atoms with Gasteiger partial charge in [-0.25, -0.2) is 19.2 Å². The third-order valence-electron chi connectivity index (χ3n) is 8.94. The van der Waals surface area contributed by atoms with E-state index in [9.17, 15) is 19.2 Å².